The van der Waals surface area contributed by atoms with Crippen molar-refractivity contribution in [3.63, 3.8) is 0 Å². The van der Waals surface area contributed by atoms with Crippen LogP contribution in [-0.2, 0) is 68.2 Å². The van der Waals surface area contributed by atoms with Crippen molar-refractivity contribution in [2.75, 3.05) is 19.9 Å². The van der Waals surface area contributed by atoms with Gasteiger partial charge < -0.3 is 40.4 Å². The summed E-state index contributed by atoms with van der Waals surface area (Å²) in [4.78, 5) is 108. The lowest BCUT2D eigenvalue weighted by atomic mass is 9.86. The molecule has 18 nitrogen and oxygen atoms in total. The lowest BCUT2D eigenvalue weighted by Crippen LogP contribution is -2.54. The van der Waals surface area contributed by atoms with E-state index in [1.54, 1.807) is 30.5 Å². The number of rotatable bonds is 21. The highest BCUT2D eigenvalue weighted by Crippen LogP contribution is 2.41. The predicted octanol–water partition coefficient (Wildman–Crippen LogP) is 3.05. The number of aliphatic hydroxyl groups is 1. The Balaban J connectivity index is 0.913. The first-order valence-corrected chi connectivity index (χ1v) is 23.2. The molecule has 2 aromatic heterocycles. The number of hydrogen-bond acceptors (Lipinski definition) is 12. The Labute approximate surface area is 388 Å². The highest BCUT2D eigenvalue weighted by atomic mass is 19.1. The number of carbonyl (C=O) groups excluding carboxylic acids is 7. The molecule has 6 rings (SSSR count). The number of fused-ring (bicyclic) bond motifs is 5. The van der Waals surface area contributed by atoms with Crippen LogP contribution in [0.3, 0.4) is 0 Å². The first-order valence-electron chi connectivity index (χ1n) is 23.2. The number of esters is 1. The Bertz CT molecular complexity index is 2530. The van der Waals surface area contributed by atoms with E-state index in [0.29, 0.717) is 67.5 Å². The third-order valence-corrected chi connectivity index (χ3v) is 13.0. The zero-order chi connectivity index (χ0) is 48.9. The second kappa shape index (κ2) is 21.3. The van der Waals surface area contributed by atoms with Gasteiger partial charge in [-0.2, -0.15) is 0 Å². The van der Waals surface area contributed by atoms with Gasteiger partial charge in [-0.1, -0.05) is 27.2 Å². The number of likely N-dealkylation sites (tertiary alicyclic amines) is 1. The summed E-state index contributed by atoms with van der Waals surface area (Å²) in [6, 6.07) is 1.81. The Morgan fingerprint density at radius 3 is 2.27 bits per heavy atom. The quantitative estimate of drug-likeness (QED) is 0.0351. The summed E-state index contributed by atoms with van der Waals surface area (Å²) >= 11 is 0. The van der Waals surface area contributed by atoms with Crippen LogP contribution in [-0.4, -0.2) is 99.0 Å². The van der Waals surface area contributed by atoms with Gasteiger partial charge in [-0.15, -0.1) is 0 Å². The molecule has 1 fully saturated rings. The molecule has 5 heterocycles. The predicted molar refractivity (Wildman–Crippen MR) is 242 cm³/mol. The van der Waals surface area contributed by atoms with Gasteiger partial charge in [0.15, 0.2) is 5.60 Å². The van der Waals surface area contributed by atoms with Crippen molar-refractivity contribution in [2.45, 2.75) is 143 Å². The molecule has 1 saturated heterocycles. The standard InChI is InChI=1S/C48H62FN7O11/c1-8-48(65)35-20-38-41-33(22-56(38)46(63)34(35)23-67-47(48)64)30(32-18-26(4)36(49)21-37(32)54-41)14-11-13-17-66-24-50-42(59)27(5)52-44(61)29(7)53-43(60)28(6)51-39(57)15-10-9-12-16-55-40(58)19-31(25(2)3)45(55)62/h18,20-21,25,27-29,31,65H,8-17,19,22-24H2,1-7H3,(H,50,59)(H,51,57)(H,52,61)(H,53,60)/t27-,28-,29-,31?,48-/m0/s1. The minimum atomic E-state index is -1.98. The van der Waals surface area contributed by atoms with E-state index in [9.17, 15) is 47.9 Å². The van der Waals surface area contributed by atoms with E-state index in [-0.39, 0.29) is 86.4 Å². The molecule has 0 bridgehead atoms. The maximum absolute atomic E-state index is 14.9. The molecule has 0 saturated carbocycles. The van der Waals surface area contributed by atoms with Gasteiger partial charge in [-0.25, -0.2) is 14.2 Å². The number of amides is 6. The van der Waals surface area contributed by atoms with Crippen LogP contribution >= 0.6 is 0 Å². The van der Waals surface area contributed by atoms with Crippen LogP contribution in [0, 0.1) is 24.6 Å². The summed E-state index contributed by atoms with van der Waals surface area (Å²) in [7, 11) is 0. The molecular weight excluding hydrogens is 870 g/mol. The molecule has 3 aliphatic rings. The average Bonchev–Trinajstić information content (AvgIpc) is 3.79. The van der Waals surface area contributed by atoms with Crippen molar-refractivity contribution in [2.24, 2.45) is 11.8 Å². The summed E-state index contributed by atoms with van der Waals surface area (Å²) in [6.07, 6.45) is 3.80. The molecule has 19 heteroatoms. The molecule has 362 valence electrons. The zero-order valence-electron chi connectivity index (χ0n) is 39.3. The van der Waals surface area contributed by atoms with Crippen LogP contribution in [0.2, 0.25) is 0 Å². The molecule has 0 radical (unpaired) electrons. The minimum Gasteiger partial charge on any atom is -0.458 e. The van der Waals surface area contributed by atoms with E-state index in [0.717, 1.165) is 16.5 Å². The third kappa shape index (κ3) is 10.9. The van der Waals surface area contributed by atoms with Crippen LogP contribution in [0.15, 0.2) is 23.0 Å². The van der Waals surface area contributed by atoms with Crippen molar-refractivity contribution < 1.29 is 52.5 Å². The number of aromatic nitrogens is 2. The first kappa shape index (κ1) is 50.3. The van der Waals surface area contributed by atoms with Gasteiger partial charge in [-0.05, 0) is 95.4 Å². The number of carbonyl (C=O) groups is 7. The summed E-state index contributed by atoms with van der Waals surface area (Å²) in [6.45, 7) is 12.0. The Hall–Kier alpha value is -6.08. The Morgan fingerprint density at radius 1 is 0.910 bits per heavy atom. The maximum atomic E-state index is 14.9. The van der Waals surface area contributed by atoms with Crippen molar-refractivity contribution in [1.29, 1.82) is 0 Å². The van der Waals surface area contributed by atoms with E-state index in [4.69, 9.17) is 14.5 Å². The largest absolute Gasteiger partial charge is 0.458 e. The molecule has 3 aliphatic heterocycles. The minimum absolute atomic E-state index is 0.00262. The van der Waals surface area contributed by atoms with Crippen molar-refractivity contribution >= 4 is 52.3 Å². The number of nitrogens with zero attached hydrogens (tertiary/aromatic N) is 3. The van der Waals surface area contributed by atoms with Crippen molar-refractivity contribution in [3.05, 3.63) is 62.2 Å². The number of halogens is 1. The normalized spacial score (nSPS) is 18.8. The molecule has 3 aromatic rings. The van der Waals surface area contributed by atoms with Crippen LogP contribution < -0.4 is 26.8 Å². The second-order valence-electron chi connectivity index (χ2n) is 18.2. The number of ether oxygens (including phenoxy) is 2. The molecule has 1 aromatic carbocycles. The number of benzene rings is 1. The number of imide groups is 1. The van der Waals surface area contributed by atoms with Crippen LogP contribution in [0.4, 0.5) is 4.39 Å². The number of hydrogen-bond donors (Lipinski definition) is 5. The van der Waals surface area contributed by atoms with E-state index < -0.39 is 58.8 Å². The number of cyclic esters (lactones) is 1. The van der Waals surface area contributed by atoms with Gasteiger partial charge in [0.25, 0.3) is 5.56 Å². The molecule has 5 atom stereocenters. The van der Waals surface area contributed by atoms with Gasteiger partial charge in [-0.3, -0.25) is 38.5 Å². The van der Waals surface area contributed by atoms with Gasteiger partial charge in [0, 0.05) is 54.5 Å². The number of aryl methyl sites for hydroxylation is 2. The van der Waals surface area contributed by atoms with E-state index in [1.807, 2.05) is 13.8 Å². The molecule has 0 aliphatic carbocycles. The average molecular weight is 932 g/mol. The molecule has 67 heavy (non-hydrogen) atoms. The third-order valence-electron chi connectivity index (χ3n) is 13.0. The zero-order valence-corrected chi connectivity index (χ0v) is 39.3. The van der Waals surface area contributed by atoms with E-state index >= 15 is 0 Å². The summed E-state index contributed by atoms with van der Waals surface area (Å²) in [5.74, 6) is -3.80. The van der Waals surface area contributed by atoms with Crippen molar-refractivity contribution in [1.82, 2.24) is 35.7 Å². The fourth-order valence-corrected chi connectivity index (χ4v) is 8.81. The first-order chi connectivity index (χ1) is 31.8. The smallest absolute Gasteiger partial charge is 0.343 e. The maximum Gasteiger partial charge on any atom is 0.343 e. The van der Waals surface area contributed by atoms with E-state index in [2.05, 4.69) is 21.3 Å². The van der Waals surface area contributed by atoms with Gasteiger partial charge in [0.1, 0.15) is 37.3 Å². The lowest BCUT2D eigenvalue weighted by Gasteiger charge is -2.31. The van der Waals surface area contributed by atoms with E-state index in [1.165, 1.54) is 31.7 Å². The lowest BCUT2D eigenvalue weighted by molar-refractivity contribution is -0.172. The molecular formula is C48H62FN7O11. The van der Waals surface area contributed by atoms with Crippen LogP contribution in [0.1, 0.15) is 121 Å². The highest BCUT2D eigenvalue weighted by Gasteiger charge is 2.46. The van der Waals surface area contributed by atoms with Crippen LogP contribution in [0.5, 0.6) is 0 Å². The molecule has 1 unspecified atom stereocenters. The molecule has 0 spiro atoms. The Kier molecular flexibility index (Phi) is 16.0. The second-order valence-corrected chi connectivity index (χ2v) is 18.2. The number of nitrogens with one attached hydrogen (secondary N) is 4. The molecule has 5 N–H and O–H groups in total. The Morgan fingerprint density at radius 2 is 1.60 bits per heavy atom. The fourth-order valence-electron chi connectivity index (χ4n) is 8.81. The SMILES string of the molecule is CC[C@@]1(O)C(=O)OCc2c1cc1n(c2=O)Cc2c-1nc1cc(F)c(C)cc1c2CCCCOCNC(=O)[C@H](C)NC(=O)[C@H](C)NC(=O)[C@H](C)NC(=O)CCCCCN1C(=O)CC(C(C)C)C1=O. The van der Waals surface area contributed by atoms with Crippen molar-refractivity contribution in [3.8, 4) is 11.4 Å². The van der Waals surface area contributed by atoms with Crippen LogP contribution in [0.25, 0.3) is 22.3 Å². The molecule has 6 amide bonds. The van der Waals surface area contributed by atoms with Gasteiger partial charge in [0.05, 0.1) is 29.0 Å². The highest BCUT2D eigenvalue weighted by molar-refractivity contribution is 6.03. The summed E-state index contributed by atoms with van der Waals surface area (Å²) in [5.41, 5.74) is 1.46. The van der Waals surface area contributed by atoms with Gasteiger partial charge in [0.2, 0.25) is 35.4 Å². The topological polar surface area (TPSA) is 244 Å². The van der Waals surface area contributed by atoms with Gasteiger partial charge >= 0.3 is 5.97 Å². The number of pyridine rings is 2. The monoisotopic (exact) mass is 931 g/mol. The fraction of sp³-hybridized carbons (Fsp3) is 0.562. The summed E-state index contributed by atoms with van der Waals surface area (Å²) in [5, 5.41) is 22.3. The number of unbranched alkanes of at least 4 members (excludes halogenated alkanes) is 3. The summed E-state index contributed by atoms with van der Waals surface area (Å²) < 4.78 is 27.3.